The van der Waals surface area contributed by atoms with Gasteiger partial charge in [0.05, 0.1) is 0 Å². The number of hydrogen-bond acceptors (Lipinski definition) is 5. The maximum atomic E-state index is 12.3. The van der Waals surface area contributed by atoms with Gasteiger partial charge in [-0.15, -0.1) is 0 Å². The van der Waals surface area contributed by atoms with Crippen molar-refractivity contribution in [1.29, 1.82) is 0 Å². The summed E-state index contributed by atoms with van der Waals surface area (Å²) in [5.74, 6) is 0.523. The SMILES string of the molecule is CCCNC(=O)c1cc(C)nc(N2CCN(c3cccc(C)c3C)CC2)n1. The van der Waals surface area contributed by atoms with Gasteiger partial charge in [-0.3, -0.25) is 4.79 Å². The summed E-state index contributed by atoms with van der Waals surface area (Å²) < 4.78 is 0. The monoisotopic (exact) mass is 367 g/mol. The van der Waals surface area contributed by atoms with Crippen LogP contribution in [-0.2, 0) is 0 Å². The lowest BCUT2D eigenvalue weighted by molar-refractivity contribution is 0.0948. The molecule has 1 aromatic carbocycles. The summed E-state index contributed by atoms with van der Waals surface area (Å²) in [7, 11) is 0. The van der Waals surface area contributed by atoms with E-state index >= 15 is 0 Å². The van der Waals surface area contributed by atoms with Gasteiger partial charge < -0.3 is 15.1 Å². The second-order valence-corrected chi connectivity index (χ2v) is 7.14. The number of hydrogen-bond donors (Lipinski definition) is 1. The van der Waals surface area contributed by atoms with Gasteiger partial charge in [-0.05, 0) is 50.5 Å². The average Bonchev–Trinajstić information content (AvgIpc) is 2.68. The van der Waals surface area contributed by atoms with Crippen LogP contribution in [0.25, 0.3) is 0 Å². The van der Waals surface area contributed by atoms with Crippen LogP contribution in [0.3, 0.4) is 0 Å². The number of rotatable bonds is 5. The molecule has 2 heterocycles. The van der Waals surface area contributed by atoms with Gasteiger partial charge in [0.1, 0.15) is 5.69 Å². The number of piperazine rings is 1. The van der Waals surface area contributed by atoms with E-state index < -0.39 is 0 Å². The predicted molar refractivity (Wildman–Crippen MR) is 110 cm³/mol. The van der Waals surface area contributed by atoms with Gasteiger partial charge in [0.25, 0.3) is 5.91 Å². The smallest absolute Gasteiger partial charge is 0.270 e. The Morgan fingerprint density at radius 2 is 1.78 bits per heavy atom. The van der Waals surface area contributed by atoms with Crippen molar-refractivity contribution in [2.75, 3.05) is 42.5 Å². The van der Waals surface area contributed by atoms with Crippen molar-refractivity contribution in [3.63, 3.8) is 0 Å². The van der Waals surface area contributed by atoms with Crippen LogP contribution < -0.4 is 15.1 Å². The molecule has 6 nitrogen and oxygen atoms in total. The summed E-state index contributed by atoms with van der Waals surface area (Å²) >= 11 is 0. The highest BCUT2D eigenvalue weighted by Crippen LogP contribution is 2.24. The second-order valence-electron chi connectivity index (χ2n) is 7.14. The van der Waals surface area contributed by atoms with E-state index in [-0.39, 0.29) is 5.91 Å². The second kappa shape index (κ2) is 8.37. The predicted octanol–water partition coefficient (Wildman–Crippen LogP) is 2.87. The summed E-state index contributed by atoms with van der Waals surface area (Å²) in [6.07, 6.45) is 0.906. The fourth-order valence-electron chi connectivity index (χ4n) is 3.37. The molecule has 1 amide bonds. The Morgan fingerprint density at radius 1 is 1.07 bits per heavy atom. The molecule has 6 heteroatoms. The summed E-state index contributed by atoms with van der Waals surface area (Å²) in [4.78, 5) is 26.0. The Labute approximate surface area is 161 Å². The third-order valence-corrected chi connectivity index (χ3v) is 5.09. The first-order valence-electron chi connectivity index (χ1n) is 9.69. The topological polar surface area (TPSA) is 61.4 Å². The van der Waals surface area contributed by atoms with E-state index in [1.165, 1.54) is 16.8 Å². The molecule has 0 spiro atoms. The van der Waals surface area contributed by atoms with Crippen LogP contribution in [0.5, 0.6) is 0 Å². The van der Waals surface area contributed by atoms with Crippen molar-refractivity contribution in [3.05, 3.63) is 46.8 Å². The Bertz CT molecular complexity index is 812. The minimum atomic E-state index is -0.127. The van der Waals surface area contributed by atoms with E-state index in [9.17, 15) is 4.79 Å². The highest BCUT2D eigenvalue weighted by Gasteiger charge is 2.22. The first kappa shape index (κ1) is 19.1. The highest BCUT2D eigenvalue weighted by molar-refractivity contribution is 5.92. The van der Waals surface area contributed by atoms with E-state index in [1.54, 1.807) is 6.07 Å². The number of nitrogens with zero attached hydrogens (tertiary/aromatic N) is 4. The Hall–Kier alpha value is -2.63. The Morgan fingerprint density at radius 3 is 2.48 bits per heavy atom. The average molecular weight is 367 g/mol. The van der Waals surface area contributed by atoms with Gasteiger partial charge in [0.2, 0.25) is 5.95 Å². The van der Waals surface area contributed by atoms with Crippen molar-refractivity contribution in [3.8, 4) is 0 Å². The molecule has 1 aromatic heterocycles. The number of nitrogens with one attached hydrogen (secondary N) is 1. The van der Waals surface area contributed by atoms with E-state index in [2.05, 4.69) is 57.1 Å². The molecule has 0 aliphatic carbocycles. The van der Waals surface area contributed by atoms with Gasteiger partial charge in [-0.2, -0.15) is 0 Å². The van der Waals surface area contributed by atoms with Crippen LogP contribution in [0, 0.1) is 20.8 Å². The molecule has 2 aromatic rings. The first-order valence-corrected chi connectivity index (χ1v) is 9.69. The standard InChI is InChI=1S/C21H29N5O/c1-5-9-22-20(27)18-14-16(3)23-21(24-18)26-12-10-25(11-13-26)19-8-6-7-15(2)17(19)4/h6-8,14H,5,9-13H2,1-4H3,(H,22,27). The number of amides is 1. The Kier molecular flexibility index (Phi) is 5.94. The third-order valence-electron chi connectivity index (χ3n) is 5.09. The number of carbonyl (C=O) groups is 1. The highest BCUT2D eigenvalue weighted by atomic mass is 16.1. The molecular weight excluding hydrogens is 338 g/mol. The van der Waals surface area contributed by atoms with Gasteiger partial charge in [-0.25, -0.2) is 9.97 Å². The molecule has 3 rings (SSSR count). The molecule has 0 radical (unpaired) electrons. The fraction of sp³-hybridized carbons (Fsp3) is 0.476. The van der Waals surface area contributed by atoms with E-state index in [0.717, 1.165) is 38.3 Å². The van der Waals surface area contributed by atoms with Crippen molar-refractivity contribution < 1.29 is 4.79 Å². The number of anilines is 2. The van der Waals surface area contributed by atoms with Crippen molar-refractivity contribution >= 4 is 17.5 Å². The normalized spacial score (nSPS) is 14.4. The zero-order valence-electron chi connectivity index (χ0n) is 16.7. The molecule has 1 N–H and O–H groups in total. The van der Waals surface area contributed by atoms with Crippen LogP contribution in [0.1, 0.15) is 40.7 Å². The lowest BCUT2D eigenvalue weighted by Gasteiger charge is -2.37. The van der Waals surface area contributed by atoms with Gasteiger partial charge in [0.15, 0.2) is 0 Å². The van der Waals surface area contributed by atoms with E-state index in [4.69, 9.17) is 0 Å². The molecule has 0 atom stereocenters. The quantitative estimate of drug-likeness (QED) is 0.880. The van der Waals surface area contributed by atoms with Crippen LogP contribution in [0.15, 0.2) is 24.3 Å². The van der Waals surface area contributed by atoms with Crippen LogP contribution in [0.2, 0.25) is 0 Å². The summed E-state index contributed by atoms with van der Waals surface area (Å²) in [6.45, 7) is 12.5. The third kappa shape index (κ3) is 4.38. The molecule has 0 unspecified atom stereocenters. The summed E-state index contributed by atoms with van der Waals surface area (Å²) in [6, 6.07) is 8.22. The summed E-state index contributed by atoms with van der Waals surface area (Å²) in [5.41, 5.74) is 5.23. The number of benzene rings is 1. The van der Waals surface area contributed by atoms with Gasteiger partial charge in [-0.1, -0.05) is 19.1 Å². The van der Waals surface area contributed by atoms with E-state index in [1.807, 2.05) is 13.8 Å². The van der Waals surface area contributed by atoms with E-state index in [0.29, 0.717) is 18.2 Å². The zero-order valence-corrected chi connectivity index (χ0v) is 16.7. The maximum absolute atomic E-state index is 12.3. The number of aryl methyl sites for hydroxylation is 2. The lowest BCUT2D eigenvalue weighted by atomic mass is 10.1. The molecular formula is C21H29N5O. The summed E-state index contributed by atoms with van der Waals surface area (Å²) in [5, 5.41) is 2.89. The lowest BCUT2D eigenvalue weighted by Crippen LogP contribution is -2.47. The van der Waals surface area contributed by atoms with Gasteiger partial charge in [0, 0.05) is 44.1 Å². The molecule has 144 valence electrons. The Balaban J connectivity index is 1.71. The molecule has 1 aliphatic heterocycles. The van der Waals surface area contributed by atoms with Gasteiger partial charge >= 0.3 is 0 Å². The maximum Gasteiger partial charge on any atom is 0.270 e. The largest absolute Gasteiger partial charge is 0.368 e. The molecule has 1 aliphatic rings. The van der Waals surface area contributed by atoms with Crippen molar-refractivity contribution in [2.45, 2.75) is 34.1 Å². The minimum Gasteiger partial charge on any atom is -0.368 e. The molecule has 1 saturated heterocycles. The van der Waals surface area contributed by atoms with Crippen LogP contribution in [-0.4, -0.2) is 48.6 Å². The van der Waals surface area contributed by atoms with Crippen molar-refractivity contribution in [1.82, 2.24) is 15.3 Å². The molecule has 0 saturated carbocycles. The zero-order chi connectivity index (χ0) is 19.4. The van der Waals surface area contributed by atoms with Crippen LogP contribution in [0.4, 0.5) is 11.6 Å². The molecule has 1 fully saturated rings. The molecule has 27 heavy (non-hydrogen) atoms. The first-order chi connectivity index (χ1) is 13.0. The number of aromatic nitrogens is 2. The fourth-order valence-corrected chi connectivity index (χ4v) is 3.37. The molecule has 0 bridgehead atoms. The number of carbonyl (C=O) groups excluding carboxylic acids is 1. The van der Waals surface area contributed by atoms with Crippen molar-refractivity contribution in [2.24, 2.45) is 0 Å². The minimum absolute atomic E-state index is 0.127. The van der Waals surface area contributed by atoms with Crippen LogP contribution >= 0.6 is 0 Å².